The standard InChI is InChI=1S/C21H37N4O3S/c1-5-7-8-9-13-27-20-19(23-29-24-20)17-11-10-12-25(4,14-17)15-28-21(26)18(22)16(3)6-2/h11,16,18H,5-10,12-15,22H2,1-4H3/q+1/p+1/t16-,18-,25?/m0/s1. The van der Waals surface area contributed by atoms with Gasteiger partial charge in [0.2, 0.25) is 6.73 Å². The Morgan fingerprint density at radius 2 is 2.10 bits per heavy atom. The minimum atomic E-state index is -0.318. The van der Waals surface area contributed by atoms with Gasteiger partial charge in [-0.2, -0.15) is 4.37 Å². The summed E-state index contributed by atoms with van der Waals surface area (Å²) < 4.78 is 21.0. The summed E-state index contributed by atoms with van der Waals surface area (Å²) in [5, 5.41) is 0. The summed E-state index contributed by atoms with van der Waals surface area (Å²) in [4.78, 5) is 12.3. The number of unbranched alkanes of at least 4 members (excludes halogenated alkanes) is 3. The minimum absolute atomic E-state index is 0.207. The zero-order valence-corrected chi connectivity index (χ0v) is 19.3. The Morgan fingerprint density at radius 3 is 2.83 bits per heavy atom. The van der Waals surface area contributed by atoms with E-state index >= 15 is 0 Å². The fourth-order valence-electron chi connectivity index (χ4n) is 3.40. The van der Waals surface area contributed by atoms with Gasteiger partial charge in [0.15, 0.2) is 6.04 Å². The SMILES string of the molecule is CCCCCCOc1nsnc1C1=CCC[N+](C)(COC(=O)[C@@H]([NH3+])[C@@H](C)CC)C1. The van der Waals surface area contributed by atoms with Crippen LogP contribution in [0.1, 0.15) is 65.0 Å². The highest BCUT2D eigenvalue weighted by Crippen LogP contribution is 2.30. The molecule has 2 rings (SSSR count). The molecule has 164 valence electrons. The third-order valence-electron chi connectivity index (χ3n) is 5.76. The van der Waals surface area contributed by atoms with E-state index in [1.807, 2.05) is 6.92 Å². The molecule has 8 heteroatoms. The van der Waals surface area contributed by atoms with Crippen LogP contribution in [0.5, 0.6) is 5.88 Å². The van der Waals surface area contributed by atoms with Crippen molar-refractivity contribution >= 4 is 23.3 Å². The lowest BCUT2D eigenvalue weighted by atomic mass is 10.0. The molecule has 1 aromatic heterocycles. The summed E-state index contributed by atoms with van der Waals surface area (Å²) in [6.07, 6.45) is 8.70. The average Bonchev–Trinajstić information content (AvgIpc) is 3.19. The van der Waals surface area contributed by atoms with Gasteiger partial charge in [-0.15, -0.1) is 4.37 Å². The molecule has 0 aromatic carbocycles. The topological polar surface area (TPSA) is 89.0 Å². The number of hydrogen-bond donors (Lipinski definition) is 1. The maximum absolute atomic E-state index is 12.3. The molecule has 0 radical (unpaired) electrons. The molecule has 0 saturated carbocycles. The van der Waals surface area contributed by atoms with Gasteiger partial charge >= 0.3 is 5.97 Å². The number of rotatable bonds is 12. The summed E-state index contributed by atoms with van der Waals surface area (Å²) in [5.41, 5.74) is 5.95. The Bertz CT molecular complexity index is 679. The first-order valence-electron chi connectivity index (χ1n) is 10.9. The number of likely N-dealkylation sites (N-methyl/N-ethyl adjacent to an activating group) is 1. The predicted molar refractivity (Wildman–Crippen MR) is 115 cm³/mol. The highest BCUT2D eigenvalue weighted by atomic mass is 32.1. The molecule has 1 unspecified atom stereocenters. The number of ether oxygens (including phenoxy) is 2. The number of nitrogens with zero attached hydrogens (tertiary/aromatic N) is 3. The van der Waals surface area contributed by atoms with Gasteiger partial charge in [-0.3, -0.25) is 4.48 Å². The Hall–Kier alpha value is -1.51. The van der Waals surface area contributed by atoms with Crippen LogP contribution < -0.4 is 10.5 Å². The van der Waals surface area contributed by atoms with Gasteiger partial charge in [-0.25, -0.2) is 4.79 Å². The molecule has 1 aliphatic rings. The number of carbonyl (C=O) groups excluding carboxylic acids is 1. The van der Waals surface area contributed by atoms with Gasteiger partial charge in [0, 0.05) is 17.9 Å². The van der Waals surface area contributed by atoms with Crippen LogP contribution in [0.2, 0.25) is 0 Å². The van der Waals surface area contributed by atoms with Gasteiger partial charge in [0.05, 0.1) is 31.9 Å². The first-order valence-corrected chi connectivity index (χ1v) is 11.6. The van der Waals surface area contributed by atoms with Crippen molar-refractivity contribution in [2.45, 2.75) is 65.3 Å². The van der Waals surface area contributed by atoms with Gasteiger partial charge < -0.3 is 15.2 Å². The molecular weight excluding hydrogens is 388 g/mol. The second-order valence-corrected chi connectivity index (χ2v) is 8.96. The lowest BCUT2D eigenvalue weighted by Crippen LogP contribution is -2.68. The van der Waals surface area contributed by atoms with Crippen LogP contribution in [0.3, 0.4) is 0 Å². The molecule has 2 heterocycles. The van der Waals surface area contributed by atoms with Crippen molar-refractivity contribution in [2.75, 3.05) is 33.5 Å². The van der Waals surface area contributed by atoms with Crippen LogP contribution in [-0.4, -0.2) is 58.7 Å². The number of esters is 1. The third kappa shape index (κ3) is 7.04. The van der Waals surface area contributed by atoms with Crippen molar-refractivity contribution in [3.63, 3.8) is 0 Å². The van der Waals surface area contributed by atoms with Crippen molar-refractivity contribution in [3.05, 3.63) is 11.8 Å². The Balaban J connectivity index is 1.92. The monoisotopic (exact) mass is 426 g/mol. The molecule has 0 bridgehead atoms. The highest BCUT2D eigenvalue weighted by Gasteiger charge is 2.33. The first kappa shape index (κ1) is 23.8. The van der Waals surface area contributed by atoms with E-state index < -0.39 is 0 Å². The van der Waals surface area contributed by atoms with Crippen LogP contribution >= 0.6 is 11.7 Å². The Morgan fingerprint density at radius 1 is 1.31 bits per heavy atom. The number of aromatic nitrogens is 2. The first-order chi connectivity index (χ1) is 13.9. The molecule has 1 aromatic rings. The zero-order chi connectivity index (χ0) is 21.3. The molecular formula is C21H38N4O3S+2. The lowest BCUT2D eigenvalue weighted by molar-refractivity contribution is -0.919. The van der Waals surface area contributed by atoms with Gasteiger partial charge in [-0.1, -0.05) is 46.1 Å². The fourth-order valence-corrected chi connectivity index (χ4v) is 3.93. The van der Waals surface area contributed by atoms with Crippen molar-refractivity contribution in [2.24, 2.45) is 5.92 Å². The number of hydrogen-bond acceptors (Lipinski definition) is 6. The summed E-state index contributed by atoms with van der Waals surface area (Å²) in [7, 11) is 2.12. The molecule has 0 saturated heterocycles. The van der Waals surface area contributed by atoms with Crippen LogP contribution in [0.25, 0.3) is 5.57 Å². The highest BCUT2D eigenvalue weighted by molar-refractivity contribution is 6.99. The van der Waals surface area contributed by atoms with E-state index in [4.69, 9.17) is 9.47 Å². The van der Waals surface area contributed by atoms with E-state index in [0.29, 0.717) is 23.7 Å². The van der Waals surface area contributed by atoms with Gasteiger partial charge in [-0.05, 0) is 12.8 Å². The van der Waals surface area contributed by atoms with E-state index in [2.05, 4.69) is 41.5 Å². The van der Waals surface area contributed by atoms with Gasteiger partial charge in [0.1, 0.15) is 12.2 Å². The van der Waals surface area contributed by atoms with Crippen molar-refractivity contribution in [3.8, 4) is 5.88 Å². The quantitative estimate of drug-likeness (QED) is 0.315. The van der Waals surface area contributed by atoms with E-state index in [0.717, 1.165) is 43.6 Å². The van der Waals surface area contributed by atoms with E-state index in [1.165, 1.54) is 31.0 Å². The molecule has 0 amide bonds. The molecule has 0 fully saturated rings. The lowest BCUT2D eigenvalue weighted by Gasteiger charge is -2.36. The smallest absolute Gasteiger partial charge is 0.369 e. The maximum Gasteiger partial charge on any atom is 0.369 e. The van der Waals surface area contributed by atoms with Crippen molar-refractivity contribution in [1.82, 2.24) is 8.75 Å². The number of quaternary nitrogens is 2. The Kier molecular flexibility index (Phi) is 9.52. The van der Waals surface area contributed by atoms with Crippen LogP contribution in [0.4, 0.5) is 0 Å². The van der Waals surface area contributed by atoms with Crippen LogP contribution in [0, 0.1) is 5.92 Å². The molecule has 0 aliphatic carbocycles. The molecule has 3 N–H and O–H groups in total. The van der Waals surface area contributed by atoms with Crippen molar-refractivity contribution < 1.29 is 24.5 Å². The summed E-state index contributed by atoms with van der Waals surface area (Å²) in [6.45, 7) is 9.00. The van der Waals surface area contributed by atoms with E-state index in [9.17, 15) is 4.79 Å². The Labute approximate surface area is 179 Å². The van der Waals surface area contributed by atoms with E-state index in [-0.39, 0.29) is 17.9 Å². The second kappa shape index (κ2) is 11.6. The second-order valence-electron chi connectivity index (χ2n) is 8.43. The van der Waals surface area contributed by atoms with Gasteiger partial charge in [0.25, 0.3) is 5.88 Å². The van der Waals surface area contributed by atoms with Crippen molar-refractivity contribution in [1.29, 1.82) is 0 Å². The normalized spacial score (nSPS) is 21.3. The predicted octanol–water partition coefficient (Wildman–Crippen LogP) is 2.89. The summed E-state index contributed by atoms with van der Waals surface area (Å²) in [6, 6.07) is -0.318. The largest absolute Gasteiger partial charge is 0.475 e. The molecule has 0 spiro atoms. The minimum Gasteiger partial charge on any atom is -0.475 e. The average molecular weight is 427 g/mol. The van der Waals surface area contributed by atoms with E-state index in [1.54, 1.807) is 0 Å². The summed E-state index contributed by atoms with van der Waals surface area (Å²) in [5.74, 6) is 0.654. The molecule has 7 nitrogen and oxygen atoms in total. The molecule has 29 heavy (non-hydrogen) atoms. The molecule has 3 atom stereocenters. The number of carbonyl (C=O) groups is 1. The fraction of sp³-hybridized carbons (Fsp3) is 0.762. The third-order valence-corrected chi connectivity index (χ3v) is 6.27. The maximum atomic E-state index is 12.3. The zero-order valence-electron chi connectivity index (χ0n) is 18.5. The van der Waals surface area contributed by atoms with Crippen LogP contribution in [0.15, 0.2) is 6.08 Å². The molecule has 1 aliphatic heterocycles. The summed E-state index contributed by atoms with van der Waals surface area (Å²) >= 11 is 1.19. The van der Waals surface area contributed by atoms with Crippen LogP contribution in [-0.2, 0) is 9.53 Å².